The Hall–Kier alpha value is -2.11. The molecule has 0 unspecified atom stereocenters. The smallest absolute Gasteiger partial charge is 0.234 e. The molecular weight excluding hydrogens is 336 g/mol. The van der Waals surface area contributed by atoms with Crippen molar-refractivity contribution in [2.24, 2.45) is 0 Å². The number of thioether (sulfide) groups is 1. The van der Waals surface area contributed by atoms with Crippen LogP contribution in [0.4, 0.5) is 5.69 Å². The molecule has 3 rings (SSSR count). The van der Waals surface area contributed by atoms with Gasteiger partial charge in [-0.25, -0.2) is 4.98 Å². The SMILES string of the molecule is Cc1ccc(C)c(NC(=O)CSc2nc(-c3ccccc3)cs2)c1. The van der Waals surface area contributed by atoms with E-state index < -0.39 is 0 Å². The zero-order chi connectivity index (χ0) is 16.9. The first-order chi connectivity index (χ1) is 11.6. The van der Waals surface area contributed by atoms with Gasteiger partial charge in [0.1, 0.15) is 0 Å². The summed E-state index contributed by atoms with van der Waals surface area (Å²) in [4.78, 5) is 16.8. The number of amides is 1. The van der Waals surface area contributed by atoms with Gasteiger partial charge in [0.25, 0.3) is 0 Å². The summed E-state index contributed by atoms with van der Waals surface area (Å²) in [6, 6.07) is 16.1. The number of carbonyl (C=O) groups is 1. The number of thiazole rings is 1. The number of benzene rings is 2. The number of rotatable bonds is 5. The second-order valence-electron chi connectivity index (χ2n) is 5.52. The zero-order valence-electron chi connectivity index (χ0n) is 13.6. The zero-order valence-corrected chi connectivity index (χ0v) is 15.2. The van der Waals surface area contributed by atoms with E-state index in [1.54, 1.807) is 11.3 Å². The van der Waals surface area contributed by atoms with E-state index in [1.807, 2.05) is 67.8 Å². The van der Waals surface area contributed by atoms with Crippen LogP contribution in [0.25, 0.3) is 11.3 Å². The van der Waals surface area contributed by atoms with Crippen LogP contribution < -0.4 is 5.32 Å². The summed E-state index contributed by atoms with van der Waals surface area (Å²) in [5.74, 6) is 0.347. The van der Waals surface area contributed by atoms with Gasteiger partial charge in [0.2, 0.25) is 5.91 Å². The summed E-state index contributed by atoms with van der Waals surface area (Å²) in [6.45, 7) is 4.01. The molecule has 0 aliphatic rings. The molecule has 0 spiro atoms. The lowest BCUT2D eigenvalue weighted by Crippen LogP contribution is -2.14. The number of nitrogens with zero attached hydrogens (tertiary/aromatic N) is 1. The molecule has 3 nitrogen and oxygen atoms in total. The molecule has 0 aliphatic carbocycles. The Morgan fingerprint density at radius 1 is 1.17 bits per heavy atom. The number of hydrogen-bond acceptors (Lipinski definition) is 4. The Bertz CT molecular complexity index is 844. The first-order valence-electron chi connectivity index (χ1n) is 7.62. The number of carbonyl (C=O) groups excluding carboxylic acids is 1. The van der Waals surface area contributed by atoms with Crippen LogP contribution in [0, 0.1) is 13.8 Å². The van der Waals surface area contributed by atoms with Crippen molar-refractivity contribution >= 4 is 34.7 Å². The van der Waals surface area contributed by atoms with Gasteiger partial charge in [-0.15, -0.1) is 11.3 Å². The molecule has 0 atom stereocenters. The van der Waals surface area contributed by atoms with Crippen molar-refractivity contribution in [3.05, 3.63) is 65.0 Å². The Morgan fingerprint density at radius 2 is 1.96 bits per heavy atom. The van der Waals surface area contributed by atoms with Crippen LogP contribution in [0.15, 0.2) is 58.3 Å². The van der Waals surface area contributed by atoms with Crippen molar-refractivity contribution in [3.8, 4) is 11.3 Å². The van der Waals surface area contributed by atoms with E-state index in [9.17, 15) is 4.79 Å². The lowest BCUT2D eigenvalue weighted by Gasteiger charge is -2.08. The summed E-state index contributed by atoms with van der Waals surface area (Å²) in [5.41, 5.74) is 5.14. The van der Waals surface area contributed by atoms with Crippen molar-refractivity contribution in [1.29, 1.82) is 0 Å². The molecule has 0 fully saturated rings. The maximum atomic E-state index is 12.2. The molecule has 5 heteroatoms. The second-order valence-corrected chi connectivity index (χ2v) is 7.60. The van der Waals surface area contributed by atoms with E-state index in [-0.39, 0.29) is 5.91 Å². The topological polar surface area (TPSA) is 42.0 Å². The largest absolute Gasteiger partial charge is 0.325 e. The summed E-state index contributed by atoms with van der Waals surface area (Å²) < 4.78 is 0.907. The Balaban J connectivity index is 1.59. The van der Waals surface area contributed by atoms with Crippen LogP contribution in [0.3, 0.4) is 0 Å². The van der Waals surface area contributed by atoms with Crippen LogP contribution in [-0.4, -0.2) is 16.6 Å². The van der Waals surface area contributed by atoms with Crippen molar-refractivity contribution in [2.75, 3.05) is 11.1 Å². The molecule has 0 saturated heterocycles. The quantitative estimate of drug-likeness (QED) is 0.644. The maximum absolute atomic E-state index is 12.2. The van der Waals surface area contributed by atoms with Gasteiger partial charge in [-0.3, -0.25) is 4.79 Å². The second kappa shape index (κ2) is 7.64. The van der Waals surface area contributed by atoms with Crippen LogP contribution >= 0.6 is 23.1 Å². The third kappa shape index (κ3) is 4.24. The number of aromatic nitrogens is 1. The molecule has 122 valence electrons. The molecule has 0 saturated carbocycles. The van der Waals surface area contributed by atoms with Crippen molar-refractivity contribution in [2.45, 2.75) is 18.2 Å². The highest BCUT2D eigenvalue weighted by atomic mass is 32.2. The van der Waals surface area contributed by atoms with Crippen LogP contribution in [0.1, 0.15) is 11.1 Å². The minimum atomic E-state index is -0.00911. The van der Waals surface area contributed by atoms with Gasteiger partial charge in [0.15, 0.2) is 4.34 Å². The van der Waals surface area contributed by atoms with Crippen LogP contribution in [0.5, 0.6) is 0 Å². The average molecular weight is 354 g/mol. The van der Waals surface area contributed by atoms with Gasteiger partial charge in [0.05, 0.1) is 11.4 Å². The third-order valence-corrected chi connectivity index (χ3v) is 5.57. The lowest BCUT2D eigenvalue weighted by molar-refractivity contribution is -0.113. The van der Waals surface area contributed by atoms with Gasteiger partial charge in [-0.2, -0.15) is 0 Å². The summed E-state index contributed by atoms with van der Waals surface area (Å²) in [6.07, 6.45) is 0. The minimum Gasteiger partial charge on any atom is -0.325 e. The Labute approximate surface area is 150 Å². The predicted molar refractivity (Wildman–Crippen MR) is 103 cm³/mol. The van der Waals surface area contributed by atoms with Gasteiger partial charge in [0, 0.05) is 16.6 Å². The lowest BCUT2D eigenvalue weighted by atomic mass is 10.1. The highest BCUT2D eigenvalue weighted by Gasteiger charge is 2.09. The van der Waals surface area contributed by atoms with Gasteiger partial charge in [-0.1, -0.05) is 54.2 Å². The minimum absolute atomic E-state index is 0.00911. The third-order valence-electron chi connectivity index (χ3n) is 3.55. The first kappa shape index (κ1) is 16.7. The molecule has 1 amide bonds. The molecule has 0 radical (unpaired) electrons. The molecule has 24 heavy (non-hydrogen) atoms. The fraction of sp³-hybridized carbons (Fsp3) is 0.158. The average Bonchev–Trinajstić information content (AvgIpc) is 3.06. The van der Waals surface area contributed by atoms with Gasteiger partial charge < -0.3 is 5.32 Å². The maximum Gasteiger partial charge on any atom is 0.234 e. The van der Waals surface area contributed by atoms with Crippen molar-refractivity contribution < 1.29 is 4.79 Å². The number of aryl methyl sites for hydroxylation is 2. The molecule has 1 heterocycles. The predicted octanol–water partition coefficient (Wildman–Crippen LogP) is 5.16. The molecular formula is C19H18N2OS2. The van der Waals surface area contributed by atoms with E-state index in [1.165, 1.54) is 11.8 Å². The summed E-state index contributed by atoms with van der Waals surface area (Å²) in [7, 11) is 0. The number of hydrogen-bond donors (Lipinski definition) is 1. The number of nitrogens with one attached hydrogen (secondary N) is 1. The van der Waals surface area contributed by atoms with Crippen molar-refractivity contribution in [1.82, 2.24) is 4.98 Å². The summed E-state index contributed by atoms with van der Waals surface area (Å²) in [5, 5.41) is 5.00. The Kier molecular flexibility index (Phi) is 5.33. The Morgan fingerprint density at radius 3 is 2.75 bits per heavy atom. The fourth-order valence-electron chi connectivity index (χ4n) is 2.25. The highest BCUT2D eigenvalue weighted by Crippen LogP contribution is 2.28. The first-order valence-corrected chi connectivity index (χ1v) is 9.49. The highest BCUT2D eigenvalue weighted by molar-refractivity contribution is 8.01. The van der Waals surface area contributed by atoms with Gasteiger partial charge in [-0.05, 0) is 31.0 Å². The van der Waals surface area contributed by atoms with Crippen LogP contribution in [0.2, 0.25) is 0 Å². The molecule has 2 aromatic carbocycles. The molecule has 0 aliphatic heterocycles. The fourth-order valence-corrected chi connectivity index (χ4v) is 3.88. The standard InChI is InChI=1S/C19H18N2OS2/c1-13-8-9-14(2)16(10-13)20-18(22)12-24-19-21-17(11-23-19)15-6-4-3-5-7-15/h3-11H,12H2,1-2H3,(H,20,22). The van der Waals surface area contributed by atoms with E-state index in [4.69, 9.17) is 0 Å². The van der Waals surface area contributed by atoms with Crippen LogP contribution in [-0.2, 0) is 4.79 Å². The van der Waals surface area contributed by atoms with Crippen molar-refractivity contribution in [3.63, 3.8) is 0 Å². The van der Waals surface area contributed by atoms with E-state index in [0.717, 1.165) is 32.4 Å². The molecule has 3 aromatic rings. The van der Waals surface area contributed by atoms with E-state index in [2.05, 4.69) is 10.3 Å². The monoisotopic (exact) mass is 354 g/mol. The number of anilines is 1. The molecule has 1 aromatic heterocycles. The van der Waals surface area contributed by atoms with Gasteiger partial charge >= 0.3 is 0 Å². The van der Waals surface area contributed by atoms with E-state index >= 15 is 0 Å². The normalized spacial score (nSPS) is 10.6. The summed E-state index contributed by atoms with van der Waals surface area (Å²) >= 11 is 3.04. The van der Waals surface area contributed by atoms with E-state index in [0.29, 0.717) is 5.75 Å². The molecule has 1 N–H and O–H groups in total. The molecule has 0 bridgehead atoms.